The van der Waals surface area contributed by atoms with Crippen molar-refractivity contribution in [3.63, 3.8) is 0 Å². The second kappa shape index (κ2) is 6.23. The van der Waals surface area contributed by atoms with Crippen LogP contribution >= 0.6 is 0 Å². The highest BCUT2D eigenvalue weighted by Crippen LogP contribution is 2.20. The third kappa shape index (κ3) is 3.49. The van der Waals surface area contributed by atoms with E-state index in [1.54, 1.807) is 18.2 Å². The van der Waals surface area contributed by atoms with Gasteiger partial charge < -0.3 is 9.47 Å². The van der Waals surface area contributed by atoms with Gasteiger partial charge in [0.15, 0.2) is 0 Å². The molecule has 1 saturated heterocycles. The summed E-state index contributed by atoms with van der Waals surface area (Å²) in [6.07, 6.45) is 0.956. The molecule has 110 valence electrons. The van der Waals surface area contributed by atoms with E-state index in [0.29, 0.717) is 37.3 Å². The zero-order valence-electron chi connectivity index (χ0n) is 11.2. The summed E-state index contributed by atoms with van der Waals surface area (Å²) in [6.45, 7) is 0.904. The van der Waals surface area contributed by atoms with E-state index in [0.717, 1.165) is 0 Å². The first kappa shape index (κ1) is 14.8. The van der Waals surface area contributed by atoms with Crippen molar-refractivity contribution >= 4 is 21.7 Å². The normalized spacial score (nSPS) is 16.6. The number of hydrogen-bond acceptors (Lipinski definition) is 5. The molecule has 0 aliphatic carbocycles. The van der Waals surface area contributed by atoms with Gasteiger partial charge in [0.05, 0.1) is 17.9 Å². The summed E-state index contributed by atoms with van der Waals surface area (Å²) >= 11 is 0. The number of esters is 1. The quantitative estimate of drug-likeness (QED) is 0.850. The maximum Gasteiger partial charge on any atom is 0.337 e. The van der Waals surface area contributed by atoms with E-state index < -0.39 is 21.2 Å². The summed E-state index contributed by atoms with van der Waals surface area (Å²) in [5, 5.41) is -0.460. The molecule has 0 saturated carbocycles. The van der Waals surface area contributed by atoms with Gasteiger partial charge in [-0.3, -0.25) is 4.72 Å². The Kier molecular flexibility index (Phi) is 4.61. The minimum Gasteiger partial charge on any atom is -0.465 e. The summed E-state index contributed by atoms with van der Waals surface area (Å²) in [4.78, 5) is 11.4. The van der Waals surface area contributed by atoms with Crippen LogP contribution in [0.15, 0.2) is 24.3 Å². The first-order chi connectivity index (χ1) is 9.53. The summed E-state index contributed by atoms with van der Waals surface area (Å²) in [6, 6.07) is 6.23. The van der Waals surface area contributed by atoms with Crippen molar-refractivity contribution in [2.75, 3.05) is 25.0 Å². The van der Waals surface area contributed by atoms with Crippen LogP contribution in [0.25, 0.3) is 0 Å². The third-order valence-electron chi connectivity index (χ3n) is 3.15. The molecular weight excluding hydrogens is 282 g/mol. The van der Waals surface area contributed by atoms with Gasteiger partial charge >= 0.3 is 5.97 Å². The Balaban J connectivity index is 2.14. The number of nitrogens with one attached hydrogen (secondary N) is 1. The molecule has 0 atom stereocenters. The van der Waals surface area contributed by atoms with Crippen molar-refractivity contribution < 1.29 is 22.7 Å². The second-order valence-electron chi connectivity index (χ2n) is 4.53. The molecule has 1 aliphatic rings. The predicted molar refractivity (Wildman–Crippen MR) is 74.2 cm³/mol. The van der Waals surface area contributed by atoms with E-state index in [1.807, 2.05) is 0 Å². The second-order valence-corrected chi connectivity index (χ2v) is 6.49. The van der Waals surface area contributed by atoms with Gasteiger partial charge in [0.25, 0.3) is 0 Å². The Labute approximate surface area is 118 Å². The number of anilines is 1. The zero-order chi connectivity index (χ0) is 14.6. The standard InChI is InChI=1S/C13H17NO5S/c1-18-13(15)10-3-2-4-11(9-10)14-20(16,17)12-5-7-19-8-6-12/h2-4,9,12,14H,5-8H2,1H3. The van der Waals surface area contributed by atoms with Crippen molar-refractivity contribution in [2.45, 2.75) is 18.1 Å². The number of ether oxygens (including phenoxy) is 2. The Morgan fingerprint density at radius 3 is 2.70 bits per heavy atom. The Bertz CT molecular complexity index is 578. The van der Waals surface area contributed by atoms with E-state index >= 15 is 0 Å². The molecule has 0 aromatic heterocycles. The highest BCUT2D eigenvalue weighted by Gasteiger charge is 2.27. The molecule has 1 aromatic carbocycles. The smallest absolute Gasteiger partial charge is 0.337 e. The molecule has 2 rings (SSSR count). The molecule has 1 N–H and O–H groups in total. The summed E-state index contributed by atoms with van der Waals surface area (Å²) < 4.78 is 36.7. The number of sulfonamides is 1. The number of hydrogen-bond donors (Lipinski definition) is 1. The molecule has 1 aromatic rings. The topological polar surface area (TPSA) is 81.7 Å². The molecule has 1 aliphatic heterocycles. The minimum absolute atomic E-state index is 0.305. The molecular formula is C13H17NO5S. The van der Waals surface area contributed by atoms with Crippen LogP contribution in [-0.2, 0) is 19.5 Å². The van der Waals surface area contributed by atoms with E-state index in [4.69, 9.17) is 4.74 Å². The highest BCUT2D eigenvalue weighted by molar-refractivity contribution is 7.93. The van der Waals surface area contributed by atoms with Crippen LogP contribution in [0.2, 0.25) is 0 Å². The fraction of sp³-hybridized carbons (Fsp3) is 0.462. The van der Waals surface area contributed by atoms with Gasteiger partial charge in [-0.15, -0.1) is 0 Å². The van der Waals surface area contributed by atoms with E-state index in [2.05, 4.69) is 9.46 Å². The number of rotatable bonds is 4. The SMILES string of the molecule is COC(=O)c1cccc(NS(=O)(=O)C2CCOCC2)c1. The van der Waals surface area contributed by atoms with Crippen molar-refractivity contribution in [3.8, 4) is 0 Å². The van der Waals surface area contributed by atoms with Crippen molar-refractivity contribution in [2.24, 2.45) is 0 Å². The summed E-state index contributed by atoms with van der Waals surface area (Å²) in [5.41, 5.74) is 0.666. The predicted octanol–water partition coefficient (Wildman–Crippen LogP) is 1.39. The van der Waals surface area contributed by atoms with Gasteiger partial charge in [-0.25, -0.2) is 13.2 Å². The van der Waals surface area contributed by atoms with Crippen LogP contribution < -0.4 is 4.72 Å². The zero-order valence-corrected chi connectivity index (χ0v) is 12.0. The number of benzene rings is 1. The average Bonchev–Trinajstić information content (AvgIpc) is 2.47. The van der Waals surface area contributed by atoms with Crippen LogP contribution in [0.3, 0.4) is 0 Å². The maximum atomic E-state index is 12.2. The first-order valence-corrected chi connectivity index (χ1v) is 7.85. The monoisotopic (exact) mass is 299 g/mol. The molecule has 0 radical (unpaired) electrons. The van der Waals surface area contributed by atoms with Gasteiger partial charge in [0.1, 0.15) is 0 Å². The molecule has 0 spiro atoms. The molecule has 0 amide bonds. The van der Waals surface area contributed by atoms with E-state index in [9.17, 15) is 13.2 Å². The van der Waals surface area contributed by atoms with Crippen molar-refractivity contribution in [1.29, 1.82) is 0 Å². The molecule has 0 bridgehead atoms. The molecule has 7 heteroatoms. The lowest BCUT2D eigenvalue weighted by Crippen LogP contribution is -2.33. The van der Waals surface area contributed by atoms with E-state index in [-0.39, 0.29) is 0 Å². The fourth-order valence-electron chi connectivity index (χ4n) is 2.06. The molecule has 0 unspecified atom stereocenters. The number of carbonyl (C=O) groups is 1. The van der Waals surface area contributed by atoms with Gasteiger partial charge in [-0.05, 0) is 31.0 Å². The summed E-state index contributed by atoms with van der Waals surface area (Å²) in [7, 11) is -2.19. The molecule has 1 heterocycles. The Morgan fingerprint density at radius 1 is 1.35 bits per heavy atom. The molecule has 6 nitrogen and oxygen atoms in total. The largest absolute Gasteiger partial charge is 0.465 e. The van der Waals surface area contributed by atoms with Crippen LogP contribution in [0.5, 0.6) is 0 Å². The fourth-order valence-corrected chi connectivity index (χ4v) is 3.50. The first-order valence-electron chi connectivity index (χ1n) is 6.30. The van der Waals surface area contributed by atoms with Gasteiger partial charge in [0, 0.05) is 18.9 Å². The number of methoxy groups -OCH3 is 1. The van der Waals surface area contributed by atoms with Crippen LogP contribution in [0.4, 0.5) is 5.69 Å². The van der Waals surface area contributed by atoms with Gasteiger partial charge in [0.2, 0.25) is 10.0 Å². The van der Waals surface area contributed by atoms with Crippen molar-refractivity contribution in [3.05, 3.63) is 29.8 Å². The minimum atomic E-state index is -3.47. The lowest BCUT2D eigenvalue weighted by atomic mass is 10.2. The van der Waals surface area contributed by atoms with Crippen LogP contribution in [0, 0.1) is 0 Å². The molecule has 1 fully saturated rings. The van der Waals surface area contributed by atoms with Gasteiger partial charge in [-0.2, -0.15) is 0 Å². The lowest BCUT2D eigenvalue weighted by Gasteiger charge is -2.22. The van der Waals surface area contributed by atoms with Gasteiger partial charge in [-0.1, -0.05) is 6.07 Å². The lowest BCUT2D eigenvalue weighted by molar-refractivity contribution is 0.0601. The maximum absolute atomic E-state index is 12.2. The third-order valence-corrected chi connectivity index (χ3v) is 5.02. The highest BCUT2D eigenvalue weighted by atomic mass is 32.2. The average molecular weight is 299 g/mol. The van der Waals surface area contributed by atoms with Crippen LogP contribution in [0.1, 0.15) is 23.2 Å². The number of carbonyl (C=O) groups excluding carboxylic acids is 1. The summed E-state index contributed by atoms with van der Waals surface area (Å²) in [5.74, 6) is -0.503. The van der Waals surface area contributed by atoms with Crippen molar-refractivity contribution in [1.82, 2.24) is 0 Å². The van der Waals surface area contributed by atoms with Crippen LogP contribution in [-0.4, -0.2) is 40.0 Å². The van der Waals surface area contributed by atoms with E-state index in [1.165, 1.54) is 13.2 Å². The Hall–Kier alpha value is -1.60. The Morgan fingerprint density at radius 2 is 2.05 bits per heavy atom. The molecule has 20 heavy (non-hydrogen) atoms.